The highest BCUT2D eigenvalue weighted by Gasteiger charge is 2.08. The second-order valence-corrected chi connectivity index (χ2v) is 7.03. The van der Waals surface area contributed by atoms with Gasteiger partial charge in [-0.1, -0.05) is 54.6 Å². The second-order valence-electron chi connectivity index (χ2n) is 6.00. The van der Waals surface area contributed by atoms with E-state index in [4.69, 9.17) is 4.74 Å². The highest BCUT2D eigenvalue weighted by molar-refractivity contribution is 7.19. The zero-order chi connectivity index (χ0) is 18.5. The van der Waals surface area contributed by atoms with Gasteiger partial charge in [0.1, 0.15) is 23.4 Å². The van der Waals surface area contributed by atoms with Crippen molar-refractivity contribution in [3.8, 4) is 11.8 Å². The molecule has 0 saturated heterocycles. The van der Waals surface area contributed by atoms with Crippen LogP contribution in [0.1, 0.15) is 16.1 Å². The van der Waals surface area contributed by atoms with Crippen LogP contribution in [0.2, 0.25) is 0 Å². The van der Waals surface area contributed by atoms with Gasteiger partial charge in [0.2, 0.25) is 0 Å². The Labute approximate surface area is 161 Å². The molecule has 0 atom stereocenters. The molecule has 0 radical (unpaired) electrons. The summed E-state index contributed by atoms with van der Waals surface area (Å²) in [5.41, 5.74) is 3.56. The van der Waals surface area contributed by atoms with Gasteiger partial charge >= 0.3 is 0 Å². The maximum absolute atomic E-state index is 9.55. The van der Waals surface area contributed by atoms with Gasteiger partial charge in [0.25, 0.3) is 0 Å². The Morgan fingerprint density at radius 3 is 2.44 bits per heavy atom. The lowest BCUT2D eigenvalue weighted by Crippen LogP contribution is -1.94. The van der Waals surface area contributed by atoms with E-state index in [-0.39, 0.29) is 0 Å². The van der Waals surface area contributed by atoms with Gasteiger partial charge in [-0.3, -0.25) is 0 Å². The fraction of sp³-hybridized carbons (Fsp3) is 0.0435. The molecule has 0 bridgehead atoms. The van der Waals surface area contributed by atoms with Crippen LogP contribution in [0.3, 0.4) is 0 Å². The fourth-order valence-electron chi connectivity index (χ4n) is 2.70. The molecule has 27 heavy (non-hydrogen) atoms. The zero-order valence-corrected chi connectivity index (χ0v) is 15.3. The van der Waals surface area contributed by atoms with Gasteiger partial charge in [-0.05, 0) is 41.5 Å². The van der Waals surface area contributed by atoms with Crippen molar-refractivity contribution in [3.63, 3.8) is 0 Å². The van der Waals surface area contributed by atoms with Crippen LogP contribution >= 0.6 is 11.3 Å². The molecule has 0 spiro atoms. The molecule has 0 aliphatic carbocycles. The Morgan fingerprint density at radius 1 is 0.963 bits per heavy atom. The number of allylic oxidation sites excluding steroid dienone is 1. The molecule has 0 aliphatic heterocycles. The van der Waals surface area contributed by atoms with E-state index >= 15 is 0 Å². The Bertz CT molecular complexity index is 1090. The SMILES string of the molecule is N#C/C(=C\c1ccc(OCc2ccccc2)cc1)c1nc2ccccc2s1. The molecule has 0 fully saturated rings. The molecule has 4 aromatic rings. The third-order valence-corrected chi connectivity index (χ3v) is 5.15. The lowest BCUT2D eigenvalue weighted by Gasteiger charge is -2.06. The molecule has 1 aromatic heterocycles. The molecule has 0 amide bonds. The summed E-state index contributed by atoms with van der Waals surface area (Å²) in [4.78, 5) is 4.56. The van der Waals surface area contributed by atoms with Crippen LogP contribution in [0, 0.1) is 11.3 Å². The summed E-state index contributed by atoms with van der Waals surface area (Å²) in [6.07, 6.45) is 1.86. The number of fused-ring (bicyclic) bond motifs is 1. The minimum Gasteiger partial charge on any atom is -0.489 e. The minimum atomic E-state index is 0.533. The molecule has 0 N–H and O–H groups in total. The minimum absolute atomic E-state index is 0.533. The first-order valence-electron chi connectivity index (χ1n) is 8.56. The van der Waals surface area contributed by atoms with Gasteiger partial charge in [0.15, 0.2) is 0 Å². The number of aromatic nitrogens is 1. The van der Waals surface area contributed by atoms with Crippen molar-refractivity contribution < 1.29 is 4.74 Å². The van der Waals surface area contributed by atoms with Crippen LogP contribution in [0.15, 0.2) is 78.9 Å². The van der Waals surface area contributed by atoms with Gasteiger partial charge in [-0.25, -0.2) is 4.98 Å². The number of nitrogens with zero attached hydrogens (tertiary/aromatic N) is 2. The van der Waals surface area contributed by atoms with Crippen molar-refractivity contribution in [3.05, 3.63) is 95.0 Å². The summed E-state index contributed by atoms with van der Waals surface area (Å²) in [6, 6.07) is 28.0. The zero-order valence-electron chi connectivity index (χ0n) is 14.5. The molecule has 3 aromatic carbocycles. The molecular weight excluding hydrogens is 352 g/mol. The average molecular weight is 368 g/mol. The second kappa shape index (κ2) is 7.86. The van der Waals surface area contributed by atoms with Gasteiger partial charge in [-0.2, -0.15) is 5.26 Å². The van der Waals surface area contributed by atoms with Crippen LogP contribution in [-0.4, -0.2) is 4.98 Å². The summed E-state index contributed by atoms with van der Waals surface area (Å²) >= 11 is 1.53. The van der Waals surface area contributed by atoms with E-state index in [2.05, 4.69) is 11.1 Å². The summed E-state index contributed by atoms with van der Waals surface area (Å²) in [5.74, 6) is 0.800. The monoisotopic (exact) mass is 368 g/mol. The molecule has 0 saturated carbocycles. The van der Waals surface area contributed by atoms with Crippen LogP contribution in [0.25, 0.3) is 21.9 Å². The van der Waals surface area contributed by atoms with E-state index < -0.39 is 0 Å². The predicted octanol–water partition coefficient (Wildman–Crippen LogP) is 5.94. The van der Waals surface area contributed by atoms with Crippen LogP contribution in [0.5, 0.6) is 5.75 Å². The van der Waals surface area contributed by atoms with Gasteiger partial charge in [0, 0.05) is 0 Å². The molecule has 3 nitrogen and oxygen atoms in total. The third-order valence-electron chi connectivity index (χ3n) is 4.08. The molecule has 0 unspecified atom stereocenters. The van der Waals surface area contributed by atoms with E-state index in [1.165, 1.54) is 11.3 Å². The summed E-state index contributed by atoms with van der Waals surface area (Å²) in [7, 11) is 0. The largest absolute Gasteiger partial charge is 0.489 e. The first-order valence-corrected chi connectivity index (χ1v) is 9.38. The Kier molecular flexibility index (Phi) is 4.95. The topological polar surface area (TPSA) is 45.9 Å². The van der Waals surface area contributed by atoms with Crippen molar-refractivity contribution in [1.29, 1.82) is 5.26 Å². The van der Waals surface area contributed by atoms with Crippen molar-refractivity contribution in [1.82, 2.24) is 4.98 Å². The molecular formula is C23H16N2OS. The first kappa shape index (κ1) is 17.0. The Morgan fingerprint density at radius 2 is 1.70 bits per heavy atom. The number of hydrogen-bond donors (Lipinski definition) is 0. The summed E-state index contributed by atoms with van der Waals surface area (Å²) in [6.45, 7) is 0.533. The Hall–Kier alpha value is -3.42. The first-order chi connectivity index (χ1) is 13.3. The lowest BCUT2D eigenvalue weighted by molar-refractivity contribution is 0.306. The number of nitriles is 1. The van der Waals surface area contributed by atoms with Crippen LogP contribution in [0.4, 0.5) is 0 Å². The quantitative estimate of drug-likeness (QED) is 0.410. The van der Waals surface area contributed by atoms with E-state index in [9.17, 15) is 5.26 Å². The number of hydrogen-bond acceptors (Lipinski definition) is 4. The van der Waals surface area contributed by atoms with Gasteiger partial charge in [0.05, 0.1) is 15.8 Å². The molecule has 4 rings (SSSR count). The fourth-order valence-corrected chi connectivity index (χ4v) is 3.63. The van der Waals surface area contributed by atoms with E-state index in [1.54, 1.807) is 0 Å². The van der Waals surface area contributed by atoms with Crippen LogP contribution in [-0.2, 0) is 6.61 Å². The Balaban J connectivity index is 1.51. The molecule has 0 aliphatic rings. The highest BCUT2D eigenvalue weighted by Crippen LogP contribution is 2.28. The van der Waals surface area contributed by atoms with Crippen molar-refractivity contribution in [2.24, 2.45) is 0 Å². The molecule has 130 valence electrons. The maximum atomic E-state index is 9.55. The third kappa shape index (κ3) is 4.05. The maximum Gasteiger partial charge on any atom is 0.135 e. The number of benzene rings is 3. The lowest BCUT2D eigenvalue weighted by atomic mass is 10.1. The number of ether oxygens (including phenoxy) is 1. The number of rotatable bonds is 5. The molecule has 4 heteroatoms. The van der Waals surface area contributed by atoms with Gasteiger partial charge < -0.3 is 4.74 Å². The van der Waals surface area contributed by atoms with E-state index in [0.717, 1.165) is 32.1 Å². The van der Waals surface area contributed by atoms with E-state index in [0.29, 0.717) is 12.2 Å². The van der Waals surface area contributed by atoms with Crippen molar-refractivity contribution in [2.45, 2.75) is 6.61 Å². The normalized spacial score (nSPS) is 11.3. The average Bonchev–Trinajstić information content (AvgIpc) is 3.16. The highest BCUT2D eigenvalue weighted by atomic mass is 32.1. The van der Waals surface area contributed by atoms with Crippen molar-refractivity contribution >= 4 is 33.2 Å². The number of thiazole rings is 1. The van der Waals surface area contributed by atoms with E-state index in [1.807, 2.05) is 84.9 Å². The standard InChI is InChI=1S/C23H16N2OS/c24-15-19(23-25-21-8-4-5-9-22(21)27-23)14-17-10-12-20(13-11-17)26-16-18-6-2-1-3-7-18/h1-14H,16H2/b19-14+. The number of para-hydroxylation sites is 1. The molecule has 1 heterocycles. The van der Waals surface area contributed by atoms with Crippen molar-refractivity contribution in [2.75, 3.05) is 0 Å². The van der Waals surface area contributed by atoms with Gasteiger partial charge in [-0.15, -0.1) is 11.3 Å². The van der Waals surface area contributed by atoms with Crippen LogP contribution < -0.4 is 4.74 Å². The smallest absolute Gasteiger partial charge is 0.135 e. The summed E-state index contributed by atoms with van der Waals surface area (Å²) < 4.78 is 6.89. The predicted molar refractivity (Wildman–Crippen MR) is 110 cm³/mol. The summed E-state index contributed by atoms with van der Waals surface area (Å²) in [5, 5.41) is 10.3.